The summed E-state index contributed by atoms with van der Waals surface area (Å²) in [6, 6.07) is 19.3. The first-order valence-corrected chi connectivity index (χ1v) is 9.13. The first-order valence-electron chi connectivity index (χ1n) is 8.37. The van der Waals surface area contributed by atoms with E-state index in [1.807, 2.05) is 18.2 Å². The third kappa shape index (κ3) is 5.25. The van der Waals surface area contributed by atoms with E-state index in [9.17, 15) is 4.79 Å². The highest BCUT2D eigenvalue weighted by Crippen LogP contribution is 2.23. The number of benzene rings is 3. The lowest BCUT2D eigenvalue weighted by Gasteiger charge is -2.10. The molecule has 0 aromatic heterocycles. The molecule has 3 N–H and O–H groups in total. The fourth-order valence-electron chi connectivity index (χ4n) is 2.46. The van der Waals surface area contributed by atoms with E-state index < -0.39 is 5.91 Å². The van der Waals surface area contributed by atoms with E-state index in [0.717, 1.165) is 5.56 Å². The summed E-state index contributed by atoms with van der Waals surface area (Å²) in [7, 11) is 0. The van der Waals surface area contributed by atoms with Crippen molar-refractivity contribution in [3.8, 4) is 5.75 Å². The number of nitrogen functional groups attached to an aromatic ring is 1. The Morgan fingerprint density at radius 2 is 1.82 bits per heavy atom. The Hall–Kier alpha value is -3.02. The fourth-order valence-corrected chi connectivity index (χ4v) is 2.86. The minimum atomic E-state index is -0.405. The van der Waals surface area contributed by atoms with Gasteiger partial charge in [0.2, 0.25) is 0 Å². The molecular weight excluding hydrogens is 397 g/mol. The molecule has 28 heavy (non-hydrogen) atoms. The van der Waals surface area contributed by atoms with Crippen LogP contribution in [0.25, 0.3) is 0 Å². The number of ether oxygens (including phenoxy) is 1. The molecule has 0 saturated heterocycles. The molecule has 0 aliphatic heterocycles. The smallest absolute Gasteiger partial charge is 0.273 e. The molecule has 0 unspecified atom stereocenters. The molecule has 0 aliphatic carbocycles. The highest BCUT2D eigenvalue weighted by Gasteiger charge is 2.08. The molecule has 0 bridgehead atoms. The molecule has 0 radical (unpaired) electrons. The highest BCUT2D eigenvalue weighted by molar-refractivity contribution is 6.31. The number of hydrogen-bond acceptors (Lipinski definition) is 4. The first kappa shape index (κ1) is 19.7. The molecular formula is C21H17Cl2N3O2. The van der Waals surface area contributed by atoms with Crippen molar-refractivity contribution in [2.24, 2.45) is 5.10 Å². The lowest BCUT2D eigenvalue weighted by molar-refractivity contribution is 0.0956. The maximum Gasteiger partial charge on any atom is 0.273 e. The second kappa shape index (κ2) is 9.26. The maximum absolute atomic E-state index is 12.2. The average molecular weight is 414 g/mol. The number of nitrogens with two attached hydrogens (primary N) is 1. The van der Waals surface area contributed by atoms with Crippen LogP contribution in [0, 0.1) is 0 Å². The van der Waals surface area contributed by atoms with E-state index in [2.05, 4.69) is 10.5 Å². The Morgan fingerprint density at radius 3 is 2.61 bits per heavy atom. The van der Waals surface area contributed by atoms with Gasteiger partial charge in [0.1, 0.15) is 12.4 Å². The van der Waals surface area contributed by atoms with Crippen LogP contribution in [0.3, 0.4) is 0 Å². The van der Waals surface area contributed by atoms with Crippen LogP contribution in [0.15, 0.2) is 71.8 Å². The van der Waals surface area contributed by atoms with Crippen LogP contribution in [0.2, 0.25) is 10.0 Å². The van der Waals surface area contributed by atoms with Crippen LogP contribution in [0.5, 0.6) is 5.75 Å². The number of para-hydroxylation sites is 1. The van der Waals surface area contributed by atoms with Crippen LogP contribution in [0.1, 0.15) is 21.5 Å². The van der Waals surface area contributed by atoms with Gasteiger partial charge in [0.25, 0.3) is 5.91 Å². The van der Waals surface area contributed by atoms with Crippen LogP contribution >= 0.6 is 23.2 Å². The van der Waals surface area contributed by atoms with Crippen LogP contribution in [0.4, 0.5) is 5.69 Å². The van der Waals surface area contributed by atoms with Gasteiger partial charge in [0, 0.05) is 21.3 Å². The van der Waals surface area contributed by atoms with Crippen molar-refractivity contribution in [2.75, 3.05) is 5.73 Å². The molecule has 142 valence electrons. The zero-order valence-corrected chi connectivity index (χ0v) is 16.2. The Balaban J connectivity index is 1.70. The molecule has 3 rings (SSSR count). The standard InChI is InChI=1S/C21H17Cl2N3O2/c22-16-5-3-4-14(10-16)13-28-20-9-8-17(23)11-15(20)12-25-26-21(27)18-6-1-2-7-19(18)24/h1-12H,13,24H2,(H,26,27)/b25-12+. The summed E-state index contributed by atoms with van der Waals surface area (Å²) in [5.74, 6) is 0.166. The minimum absolute atomic E-state index is 0.329. The summed E-state index contributed by atoms with van der Waals surface area (Å²) < 4.78 is 5.85. The van der Waals surface area contributed by atoms with E-state index in [-0.39, 0.29) is 0 Å². The number of nitrogens with one attached hydrogen (secondary N) is 1. The van der Waals surface area contributed by atoms with Gasteiger partial charge in [-0.25, -0.2) is 5.43 Å². The SMILES string of the molecule is Nc1ccccc1C(=O)N/N=C/c1cc(Cl)ccc1OCc1cccc(Cl)c1. The Labute approximate surface area is 172 Å². The van der Waals surface area contributed by atoms with Gasteiger partial charge in [-0.1, -0.05) is 47.5 Å². The topological polar surface area (TPSA) is 76.7 Å². The Morgan fingerprint density at radius 1 is 1.04 bits per heavy atom. The molecule has 0 heterocycles. The molecule has 7 heteroatoms. The molecule has 3 aromatic rings. The van der Waals surface area contributed by atoms with Crippen molar-refractivity contribution in [1.82, 2.24) is 5.43 Å². The zero-order chi connectivity index (χ0) is 19.9. The van der Waals surface area contributed by atoms with Gasteiger partial charge in [-0.15, -0.1) is 0 Å². The Bertz CT molecular complexity index is 1020. The van der Waals surface area contributed by atoms with Crippen molar-refractivity contribution in [2.45, 2.75) is 6.61 Å². The Kier molecular flexibility index (Phi) is 6.53. The summed E-state index contributed by atoms with van der Waals surface area (Å²) in [5.41, 5.74) is 10.5. The minimum Gasteiger partial charge on any atom is -0.488 e. The predicted octanol–water partition coefficient (Wildman–Crippen LogP) is 4.92. The number of nitrogens with zero attached hydrogens (tertiary/aromatic N) is 1. The second-order valence-corrected chi connectivity index (χ2v) is 6.76. The zero-order valence-electron chi connectivity index (χ0n) is 14.7. The van der Waals surface area contributed by atoms with Gasteiger partial charge in [0.05, 0.1) is 11.8 Å². The summed E-state index contributed by atoms with van der Waals surface area (Å²) in [4.78, 5) is 12.2. The molecule has 0 aliphatic rings. The fraction of sp³-hybridized carbons (Fsp3) is 0.0476. The summed E-state index contributed by atoms with van der Waals surface area (Å²) in [6.45, 7) is 0.329. The number of anilines is 1. The third-order valence-electron chi connectivity index (χ3n) is 3.83. The van der Waals surface area contributed by atoms with Gasteiger partial charge in [-0.3, -0.25) is 4.79 Å². The van der Waals surface area contributed by atoms with Crippen LogP contribution in [-0.4, -0.2) is 12.1 Å². The van der Waals surface area contributed by atoms with Gasteiger partial charge in [-0.05, 0) is 48.0 Å². The number of carbonyl (C=O) groups excluding carboxylic acids is 1. The lowest BCUT2D eigenvalue weighted by Crippen LogP contribution is -2.19. The van der Waals surface area contributed by atoms with Crippen molar-refractivity contribution in [1.29, 1.82) is 0 Å². The summed E-state index contributed by atoms with van der Waals surface area (Å²) in [5, 5.41) is 5.15. The van der Waals surface area contributed by atoms with Crippen molar-refractivity contribution in [3.05, 3.63) is 93.5 Å². The molecule has 0 saturated carbocycles. The molecule has 0 spiro atoms. The van der Waals surface area contributed by atoms with E-state index in [1.165, 1.54) is 6.21 Å². The molecule has 5 nitrogen and oxygen atoms in total. The highest BCUT2D eigenvalue weighted by atomic mass is 35.5. The average Bonchev–Trinajstić information content (AvgIpc) is 2.67. The summed E-state index contributed by atoms with van der Waals surface area (Å²) in [6.07, 6.45) is 1.47. The summed E-state index contributed by atoms with van der Waals surface area (Å²) >= 11 is 12.1. The third-order valence-corrected chi connectivity index (χ3v) is 4.30. The number of amides is 1. The van der Waals surface area contributed by atoms with Crippen molar-refractivity contribution < 1.29 is 9.53 Å². The van der Waals surface area contributed by atoms with Gasteiger partial charge >= 0.3 is 0 Å². The van der Waals surface area contributed by atoms with E-state index >= 15 is 0 Å². The number of rotatable bonds is 6. The van der Waals surface area contributed by atoms with Gasteiger partial charge < -0.3 is 10.5 Å². The number of hydrazone groups is 1. The van der Waals surface area contributed by atoms with Gasteiger partial charge in [0.15, 0.2) is 0 Å². The monoisotopic (exact) mass is 413 g/mol. The predicted molar refractivity (Wildman–Crippen MR) is 113 cm³/mol. The van der Waals surface area contributed by atoms with Crippen molar-refractivity contribution >= 4 is 41.0 Å². The number of carbonyl (C=O) groups is 1. The van der Waals surface area contributed by atoms with E-state index in [0.29, 0.717) is 39.2 Å². The normalized spacial score (nSPS) is 10.8. The quantitative estimate of drug-likeness (QED) is 0.342. The molecule has 1 amide bonds. The van der Waals surface area contributed by atoms with Crippen molar-refractivity contribution in [3.63, 3.8) is 0 Å². The molecule has 0 atom stereocenters. The second-order valence-electron chi connectivity index (χ2n) is 5.89. The van der Waals surface area contributed by atoms with Gasteiger partial charge in [-0.2, -0.15) is 5.10 Å². The number of hydrogen-bond donors (Lipinski definition) is 2. The largest absolute Gasteiger partial charge is 0.488 e. The van der Waals surface area contributed by atoms with Crippen LogP contribution in [-0.2, 0) is 6.61 Å². The lowest BCUT2D eigenvalue weighted by atomic mass is 10.2. The van der Waals surface area contributed by atoms with E-state index in [4.69, 9.17) is 33.7 Å². The maximum atomic E-state index is 12.2. The molecule has 3 aromatic carbocycles. The van der Waals surface area contributed by atoms with Crippen LogP contribution < -0.4 is 15.9 Å². The van der Waals surface area contributed by atoms with E-state index in [1.54, 1.807) is 48.5 Å². The number of halogens is 2. The molecule has 0 fully saturated rings. The first-order chi connectivity index (χ1) is 13.5.